The number of hydrogen-bond acceptors (Lipinski definition) is 3. The first-order valence-electron chi connectivity index (χ1n) is 6.84. The van der Waals surface area contributed by atoms with Crippen molar-refractivity contribution in [1.82, 2.24) is 16.0 Å². The van der Waals surface area contributed by atoms with Crippen molar-refractivity contribution < 1.29 is 9.59 Å². The number of piperidine rings is 1. The lowest BCUT2D eigenvalue weighted by Gasteiger charge is -2.21. The lowest BCUT2D eigenvalue weighted by atomic mass is 9.99. The molecule has 1 aliphatic rings. The van der Waals surface area contributed by atoms with E-state index in [0.29, 0.717) is 25.4 Å². The Labute approximate surface area is 109 Å². The Morgan fingerprint density at radius 3 is 2.72 bits per heavy atom. The van der Waals surface area contributed by atoms with Crippen molar-refractivity contribution in [3.63, 3.8) is 0 Å². The van der Waals surface area contributed by atoms with Gasteiger partial charge in [-0.05, 0) is 25.3 Å². The number of hydrogen-bond donors (Lipinski definition) is 3. The molecule has 0 bridgehead atoms. The summed E-state index contributed by atoms with van der Waals surface area (Å²) in [5.41, 5.74) is 0. The fourth-order valence-electron chi connectivity index (χ4n) is 1.93. The van der Waals surface area contributed by atoms with Gasteiger partial charge in [0, 0.05) is 26.1 Å². The van der Waals surface area contributed by atoms with Gasteiger partial charge in [-0.15, -0.1) is 0 Å². The van der Waals surface area contributed by atoms with Gasteiger partial charge in [-0.1, -0.05) is 13.8 Å². The van der Waals surface area contributed by atoms with Gasteiger partial charge in [0.2, 0.25) is 11.8 Å². The highest BCUT2D eigenvalue weighted by atomic mass is 16.2. The van der Waals surface area contributed by atoms with Crippen LogP contribution >= 0.6 is 0 Å². The predicted molar refractivity (Wildman–Crippen MR) is 71.1 cm³/mol. The molecule has 0 radical (unpaired) electrons. The number of amides is 2. The molecule has 0 spiro atoms. The minimum atomic E-state index is 0.00534. The molecule has 0 aliphatic carbocycles. The lowest BCUT2D eigenvalue weighted by Crippen LogP contribution is -2.41. The summed E-state index contributed by atoms with van der Waals surface area (Å²) in [6, 6.07) is 0. The SMILES string of the molecule is CC(C)CNC(=O)CCNC(=O)[C@H]1CCCNC1. The summed E-state index contributed by atoms with van der Waals surface area (Å²) in [7, 11) is 0. The number of rotatable bonds is 6. The summed E-state index contributed by atoms with van der Waals surface area (Å²) in [6.07, 6.45) is 2.35. The minimum Gasteiger partial charge on any atom is -0.356 e. The fraction of sp³-hybridized carbons (Fsp3) is 0.846. The van der Waals surface area contributed by atoms with E-state index < -0.39 is 0 Å². The second-order valence-corrected chi connectivity index (χ2v) is 5.28. The quantitative estimate of drug-likeness (QED) is 0.638. The highest BCUT2D eigenvalue weighted by molar-refractivity contribution is 5.80. The Bertz CT molecular complexity index is 273. The molecule has 1 rings (SSSR count). The topological polar surface area (TPSA) is 70.2 Å². The molecule has 1 fully saturated rings. The summed E-state index contributed by atoms with van der Waals surface area (Å²) >= 11 is 0. The smallest absolute Gasteiger partial charge is 0.224 e. The third-order valence-electron chi connectivity index (χ3n) is 3.03. The first-order chi connectivity index (χ1) is 8.59. The van der Waals surface area contributed by atoms with Crippen molar-refractivity contribution >= 4 is 11.8 Å². The molecule has 1 aliphatic heterocycles. The molecule has 1 atom stereocenters. The van der Waals surface area contributed by atoms with Crippen LogP contribution in [0.5, 0.6) is 0 Å². The summed E-state index contributed by atoms with van der Waals surface area (Å²) in [4.78, 5) is 23.2. The molecule has 104 valence electrons. The van der Waals surface area contributed by atoms with Crippen LogP contribution in [0.1, 0.15) is 33.1 Å². The van der Waals surface area contributed by atoms with Crippen molar-refractivity contribution in [2.75, 3.05) is 26.2 Å². The standard InChI is InChI=1S/C13H25N3O2/c1-10(2)8-16-12(17)5-7-15-13(18)11-4-3-6-14-9-11/h10-11,14H,3-9H2,1-2H3,(H,15,18)(H,16,17)/t11-/m0/s1. The average molecular weight is 255 g/mol. The van der Waals surface area contributed by atoms with E-state index in [2.05, 4.69) is 29.8 Å². The van der Waals surface area contributed by atoms with Crippen molar-refractivity contribution in [3.8, 4) is 0 Å². The van der Waals surface area contributed by atoms with Crippen LogP contribution in [-0.4, -0.2) is 38.0 Å². The van der Waals surface area contributed by atoms with Gasteiger partial charge in [0.05, 0.1) is 5.92 Å². The first kappa shape index (κ1) is 15.0. The number of nitrogens with one attached hydrogen (secondary N) is 3. The van der Waals surface area contributed by atoms with Crippen LogP contribution in [0.3, 0.4) is 0 Å². The Morgan fingerprint density at radius 1 is 1.33 bits per heavy atom. The molecule has 1 heterocycles. The van der Waals surface area contributed by atoms with Crippen LogP contribution in [0, 0.1) is 11.8 Å². The van der Waals surface area contributed by atoms with Crippen molar-refractivity contribution in [3.05, 3.63) is 0 Å². The van der Waals surface area contributed by atoms with Gasteiger partial charge >= 0.3 is 0 Å². The Balaban J connectivity index is 2.09. The third-order valence-corrected chi connectivity index (χ3v) is 3.03. The molecule has 5 nitrogen and oxygen atoms in total. The Morgan fingerprint density at radius 2 is 2.11 bits per heavy atom. The molecule has 0 unspecified atom stereocenters. The second kappa shape index (κ2) is 8.08. The molecule has 2 amide bonds. The predicted octanol–water partition coefficient (Wildman–Crippen LogP) is 0.265. The largest absolute Gasteiger partial charge is 0.356 e. The maximum Gasteiger partial charge on any atom is 0.224 e. The number of carbonyl (C=O) groups is 2. The van der Waals surface area contributed by atoms with Crippen molar-refractivity contribution in [2.24, 2.45) is 11.8 Å². The van der Waals surface area contributed by atoms with Gasteiger partial charge in [0.15, 0.2) is 0 Å². The van der Waals surface area contributed by atoms with Crippen molar-refractivity contribution in [1.29, 1.82) is 0 Å². The fourth-order valence-corrected chi connectivity index (χ4v) is 1.93. The van der Waals surface area contributed by atoms with Gasteiger partial charge in [0.1, 0.15) is 0 Å². The zero-order valence-electron chi connectivity index (χ0n) is 11.4. The van der Waals surface area contributed by atoms with E-state index in [-0.39, 0.29) is 17.7 Å². The number of carbonyl (C=O) groups excluding carboxylic acids is 2. The third kappa shape index (κ3) is 6.00. The van der Waals surface area contributed by atoms with Crippen LogP contribution in [0.4, 0.5) is 0 Å². The summed E-state index contributed by atoms with van der Waals surface area (Å²) in [6.45, 7) is 6.99. The van der Waals surface area contributed by atoms with Crippen molar-refractivity contribution in [2.45, 2.75) is 33.1 Å². The van der Waals surface area contributed by atoms with Gasteiger partial charge in [-0.2, -0.15) is 0 Å². The van der Waals surface area contributed by atoms with E-state index >= 15 is 0 Å². The van der Waals surface area contributed by atoms with Crippen LogP contribution in [0.2, 0.25) is 0 Å². The normalized spacial score (nSPS) is 19.6. The monoisotopic (exact) mass is 255 g/mol. The van der Waals surface area contributed by atoms with Gasteiger partial charge in [-0.25, -0.2) is 0 Å². The molecule has 0 aromatic carbocycles. The molecule has 5 heteroatoms. The molecule has 18 heavy (non-hydrogen) atoms. The highest BCUT2D eigenvalue weighted by Crippen LogP contribution is 2.09. The van der Waals surface area contributed by atoms with E-state index in [1.165, 1.54) is 0 Å². The molecular formula is C13H25N3O2. The zero-order valence-corrected chi connectivity index (χ0v) is 11.4. The highest BCUT2D eigenvalue weighted by Gasteiger charge is 2.20. The van der Waals surface area contributed by atoms with E-state index in [0.717, 1.165) is 25.9 Å². The van der Waals surface area contributed by atoms with Gasteiger partial charge < -0.3 is 16.0 Å². The zero-order chi connectivity index (χ0) is 13.4. The van der Waals surface area contributed by atoms with Crippen LogP contribution in [-0.2, 0) is 9.59 Å². The van der Waals surface area contributed by atoms with Gasteiger partial charge in [-0.3, -0.25) is 9.59 Å². The molecule has 3 N–H and O–H groups in total. The van der Waals surface area contributed by atoms with Crippen LogP contribution < -0.4 is 16.0 Å². The maximum atomic E-state index is 11.8. The minimum absolute atomic E-state index is 0.00534. The van der Waals surface area contributed by atoms with Crippen LogP contribution in [0.15, 0.2) is 0 Å². The van der Waals surface area contributed by atoms with E-state index in [9.17, 15) is 9.59 Å². The summed E-state index contributed by atoms with van der Waals surface area (Å²) in [5.74, 6) is 0.596. The first-order valence-corrected chi connectivity index (χ1v) is 6.84. The van der Waals surface area contributed by atoms with E-state index in [1.54, 1.807) is 0 Å². The maximum absolute atomic E-state index is 11.8. The van der Waals surface area contributed by atoms with Crippen LogP contribution in [0.25, 0.3) is 0 Å². The van der Waals surface area contributed by atoms with E-state index in [4.69, 9.17) is 0 Å². The molecule has 1 saturated heterocycles. The second-order valence-electron chi connectivity index (χ2n) is 5.28. The summed E-state index contributed by atoms with van der Waals surface area (Å²) < 4.78 is 0. The molecule has 0 aromatic rings. The van der Waals surface area contributed by atoms with E-state index in [1.807, 2.05) is 0 Å². The molecule has 0 saturated carbocycles. The lowest BCUT2D eigenvalue weighted by molar-refractivity contribution is -0.125. The molecule has 0 aromatic heterocycles. The average Bonchev–Trinajstić information content (AvgIpc) is 2.37. The molecular weight excluding hydrogens is 230 g/mol. The Hall–Kier alpha value is -1.10. The van der Waals surface area contributed by atoms with Gasteiger partial charge in [0.25, 0.3) is 0 Å². The Kier molecular flexibility index (Phi) is 6.72. The summed E-state index contributed by atoms with van der Waals surface area (Å²) in [5, 5.41) is 8.87.